The van der Waals surface area contributed by atoms with Crippen molar-refractivity contribution in [1.29, 1.82) is 0 Å². The molecule has 0 spiro atoms. The van der Waals surface area contributed by atoms with Crippen LogP contribution in [0.15, 0.2) is 85.1 Å². The number of pyridine rings is 1. The molecular formula is C25H21N3O. The molecule has 4 nitrogen and oxygen atoms in total. The van der Waals surface area contributed by atoms with E-state index >= 15 is 0 Å². The average Bonchev–Trinajstić information content (AvgIpc) is 3.11. The molecule has 0 radical (unpaired) electrons. The number of nitrogens with one attached hydrogen (secondary N) is 2. The van der Waals surface area contributed by atoms with E-state index in [-0.39, 0.29) is 0 Å². The van der Waals surface area contributed by atoms with Crippen molar-refractivity contribution in [3.8, 4) is 11.5 Å². The van der Waals surface area contributed by atoms with E-state index in [9.17, 15) is 0 Å². The molecule has 29 heavy (non-hydrogen) atoms. The Hall–Kier alpha value is -3.79. The maximum atomic E-state index is 6.00. The number of benzene rings is 3. The van der Waals surface area contributed by atoms with Gasteiger partial charge in [-0.05, 0) is 54.4 Å². The van der Waals surface area contributed by atoms with Gasteiger partial charge in [-0.1, -0.05) is 42.5 Å². The second kappa shape index (κ2) is 7.32. The summed E-state index contributed by atoms with van der Waals surface area (Å²) in [4.78, 5) is 7.95. The number of nitrogens with zero attached hydrogens (tertiary/aromatic N) is 1. The molecule has 2 N–H and O–H groups in total. The van der Waals surface area contributed by atoms with E-state index in [0.717, 1.165) is 33.9 Å². The second-order valence-corrected chi connectivity index (χ2v) is 7.21. The molecule has 0 aliphatic heterocycles. The van der Waals surface area contributed by atoms with Crippen molar-refractivity contribution >= 4 is 27.6 Å². The number of H-pyrrole nitrogens is 1. The molecule has 0 aliphatic rings. The van der Waals surface area contributed by atoms with E-state index in [1.54, 1.807) is 0 Å². The number of aromatic nitrogens is 2. The van der Waals surface area contributed by atoms with Crippen LogP contribution < -0.4 is 10.1 Å². The highest BCUT2D eigenvalue weighted by molar-refractivity contribution is 6.07. The molecule has 0 atom stereocenters. The largest absolute Gasteiger partial charge is 0.457 e. The molecule has 0 bridgehead atoms. The van der Waals surface area contributed by atoms with Crippen LogP contribution in [-0.4, -0.2) is 9.97 Å². The van der Waals surface area contributed by atoms with Crippen LogP contribution in [0.5, 0.6) is 11.5 Å². The summed E-state index contributed by atoms with van der Waals surface area (Å²) < 4.78 is 6.00. The molecule has 2 heterocycles. The van der Waals surface area contributed by atoms with E-state index in [4.69, 9.17) is 4.74 Å². The summed E-state index contributed by atoms with van der Waals surface area (Å²) in [6, 6.07) is 26.6. The van der Waals surface area contributed by atoms with Gasteiger partial charge in [-0.2, -0.15) is 0 Å². The predicted molar refractivity (Wildman–Crippen MR) is 119 cm³/mol. The maximum absolute atomic E-state index is 6.00. The number of aryl methyl sites for hydroxylation is 1. The maximum Gasteiger partial charge on any atom is 0.127 e. The van der Waals surface area contributed by atoms with E-state index in [1.807, 2.05) is 42.6 Å². The third-order valence-electron chi connectivity index (χ3n) is 4.99. The summed E-state index contributed by atoms with van der Waals surface area (Å²) in [5.74, 6) is 2.53. The number of ether oxygens (including phenoxy) is 1. The van der Waals surface area contributed by atoms with Gasteiger partial charge in [-0.15, -0.1) is 0 Å². The first-order valence-corrected chi connectivity index (χ1v) is 9.68. The van der Waals surface area contributed by atoms with Crippen LogP contribution in [0, 0.1) is 6.92 Å². The van der Waals surface area contributed by atoms with Gasteiger partial charge in [0.25, 0.3) is 0 Å². The molecule has 0 fully saturated rings. The van der Waals surface area contributed by atoms with Gasteiger partial charge in [0.1, 0.15) is 17.3 Å². The summed E-state index contributed by atoms with van der Waals surface area (Å²) in [6.45, 7) is 2.73. The highest BCUT2D eigenvalue weighted by atomic mass is 16.5. The van der Waals surface area contributed by atoms with E-state index in [0.29, 0.717) is 6.54 Å². The van der Waals surface area contributed by atoms with E-state index < -0.39 is 0 Å². The van der Waals surface area contributed by atoms with Crippen molar-refractivity contribution in [3.05, 3.63) is 96.2 Å². The molecule has 0 amide bonds. The fourth-order valence-electron chi connectivity index (χ4n) is 3.57. The van der Waals surface area contributed by atoms with Gasteiger partial charge < -0.3 is 15.0 Å². The predicted octanol–water partition coefficient (Wildman–Crippen LogP) is 6.43. The fourth-order valence-corrected chi connectivity index (χ4v) is 3.57. The first kappa shape index (κ1) is 17.3. The summed E-state index contributed by atoms with van der Waals surface area (Å²) in [5, 5.41) is 5.81. The minimum Gasteiger partial charge on any atom is -0.457 e. The lowest BCUT2D eigenvalue weighted by molar-refractivity contribution is 0.481. The quantitative estimate of drug-likeness (QED) is 0.370. The number of hydrogen-bond donors (Lipinski definition) is 2. The molecule has 2 aromatic heterocycles. The minimum absolute atomic E-state index is 0.672. The Morgan fingerprint density at radius 2 is 1.66 bits per heavy atom. The summed E-state index contributed by atoms with van der Waals surface area (Å²) >= 11 is 0. The smallest absolute Gasteiger partial charge is 0.127 e. The SMILES string of the molecule is Cc1cccc(Oc2cccc(CNc3cc4c(cn3)[nH]c3ccccc34)c2)c1. The third-order valence-corrected chi connectivity index (χ3v) is 4.99. The summed E-state index contributed by atoms with van der Waals surface area (Å²) in [6.07, 6.45) is 1.88. The number of aromatic amines is 1. The zero-order chi connectivity index (χ0) is 19.6. The molecule has 0 saturated heterocycles. The third kappa shape index (κ3) is 3.65. The lowest BCUT2D eigenvalue weighted by Gasteiger charge is -2.10. The Morgan fingerprint density at radius 1 is 0.828 bits per heavy atom. The van der Waals surface area contributed by atoms with Crippen LogP contribution in [0.1, 0.15) is 11.1 Å². The first-order chi connectivity index (χ1) is 14.2. The van der Waals surface area contributed by atoms with Crippen molar-refractivity contribution in [2.24, 2.45) is 0 Å². The Labute approximate surface area is 169 Å². The zero-order valence-corrected chi connectivity index (χ0v) is 16.1. The van der Waals surface area contributed by atoms with Crippen molar-refractivity contribution in [2.45, 2.75) is 13.5 Å². The Morgan fingerprint density at radius 3 is 2.55 bits per heavy atom. The molecule has 5 aromatic rings. The van der Waals surface area contributed by atoms with Crippen LogP contribution in [0.25, 0.3) is 21.8 Å². The molecule has 0 unspecified atom stereocenters. The molecule has 3 aromatic carbocycles. The first-order valence-electron chi connectivity index (χ1n) is 9.68. The topological polar surface area (TPSA) is 49.9 Å². The molecular weight excluding hydrogens is 358 g/mol. The normalized spacial score (nSPS) is 11.1. The van der Waals surface area contributed by atoms with Gasteiger partial charge in [-0.25, -0.2) is 4.98 Å². The van der Waals surface area contributed by atoms with Gasteiger partial charge in [-0.3, -0.25) is 0 Å². The molecule has 142 valence electrons. The lowest BCUT2D eigenvalue weighted by atomic mass is 10.2. The highest BCUT2D eigenvalue weighted by Gasteiger charge is 2.06. The van der Waals surface area contributed by atoms with Crippen LogP contribution in [-0.2, 0) is 6.54 Å². The standard InChI is InChI=1S/C25H21N3O/c1-17-6-4-8-19(12-17)29-20-9-5-7-18(13-20)15-26-25-14-22-21-10-2-3-11-23(21)28-24(22)16-27-25/h2-14,16,28H,15H2,1H3,(H,26,27). The minimum atomic E-state index is 0.672. The lowest BCUT2D eigenvalue weighted by Crippen LogP contribution is -2.01. The van der Waals surface area contributed by atoms with Crippen LogP contribution >= 0.6 is 0 Å². The number of rotatable bonds is 5. The van der Waals surface area contributed by atoms with Gasteiger partial charge in [0.05, 0.1) is 11.7 Å². The van der Waals surface area contributed by atoms with Crippen LogP contribution in [0.2, 0.25) is 0 Å². The van der Waals surface area contributed by atoms with Crippen molar-refractivity contribution in [1.82, 2.24) is 9.97 Å². The zero-order valence-electron chi connectivity index (χ0n) is 16.1. The number of anilines is 1. The van der Waals surface area contributed by atoms with Crippen LogP contribution in [0.4, 0.5) is 5.82 Å². The van der Waals surface area contributed by atoms with Gasteiger partial charge in [0.2, 0.25) is 0 Å². The number of fused-ring (bicyclic) bond motifs is 3. The Bertz CT molecular complexity index is 1310. The monoisotopic (exact) mass is 379 g/mol. The van der Waals surface area contributed by atoms with Gasteiger partial charge in [0, 0.05) is 22.8 Å². The van der Waals surface area contributed by atoms with Gasteiger partial charge >= 0.3 is 0 Å². The Kier molecular flexibility index (Phi) is 4.37. The van der Waals surface area contributed by atoms with Crippen molar-refractivity contribution in [3.63, 3.8) is 0 Å². The van der Waals surface area contributed by atoms with E-state index in [1.165, 1.54) is 16.3 Å². The van der Waals surface area contributed by atoms with Crippen LogP contribution in [0.3, 0.4) is 0 Å². The number of para-hydroxylation sites is 1. The summed E-state index contributed by atoms with van der Waals surface area (Å²) in [5.41, 5.74) is 4.49. The molecule has 5 rings (SSSR count). The van der Waals surface area contributed by atoms with E-state index in [2.05, 4.69) is 64.7 Å². The highest BCUT2D eigenvalue weighted by Crippen LogP contribution is 2.27. The Balaban J connectivity index is 1.34. The second-order valence-electron chi connectivity index (χ2n) is 7.21. The van der Waals surface area contributed by atoms with Crippen molar-refractivity contribution in [2.75, 3.05) is 5.32 Å². The molecule has 4 heteroatoms. The fraction of sp³-hybridized carbons (Fsp3) is 0.0800. The molecule has 0 saturated carbocycles. The average molecular weight is 379 g/mol. The van der Waals surface area contributed by atoms with Crippen molar-refractivity contribution < 1.29 is 4.74 Å². The molecule has 0 aliphatic carbocycles. The summed E-state index contributed by atoms with van der Waals surface area (Å²) in [7, 11) is 0. The number of hydrogen-bond acceptors (Lipinski definition) is 3. The van der Waals surface area contributed by atoms with Gasteiger partial charge in [0.15, 0.2) is 0 Å².